The maximum absolute atomic E-state index is 13.0. The van der Waals surface area contributed by atoms with E-state index < -0.39 is 9.84 Å². The summed E-state index contributed by atoms with van der Waals surface area (Å²) in [6.07, 6.45) is 11.5. The molecule has 160 valence electrons. The zero-order chi connectivity index (χ0) is 20.4. The summed E-state index contributed by atoms with van der Waals surface area (Å²) >= 11 is 0. The van der Waals surface area contributed by atoms with Crippen LogP contribution in [0.15, 0.2) is 28.2 Å². The second-order valence-corrected chi connectivity index (χ2v) is 10.8. The molecule has 0 radical (unpaired) electrons. The summed E-state index contributed by atoms with van der Waals surface area (Å²) in [5.41, 5.74) is 1.83. The van der Waals surface area contributed by atoms with E-state index in [1.807, 2.05) is 17.7 Å². The Morgan fingerprint density at radius 1 is 1.21 bits per heavy atom. The van der Waals surface area contributed by atoms with Crippen LogP contribution < -0.4 is 0 Å². The van der Waals surface area contributed by atoms with Crippen molar-refractivity contribution < 1.29 is 12.9 Å². The van der Waals surface area contributed by atoms with Gasteiger partial charge < -0.3 is 9.09 Å². The largest absolute Gasteiger partial charge is 0.364 e. The number of aromatic nitrogens is 3. The first-order valence-electron chi connectivity index (χ1n) is 10.8. The average molecular weight is 421 g/mol. The second kappa shape index (κ2) is 8.60. The van der Waals surface area contributed by atoms with Gasteiger partial charge in [-0.05, 0) is 51.5 Å². The summed E-state index contributed by atoms with van der Waals surface area (Å²) in [6.45, 7) is 3.44. The van der Waals surface area contributed by atoms with Crippen molar-refractivity contribution in [2.24, 2.45) is 11.8 Å². The molecular formula is C21H32N4O3S. The zero-order valence-electron chi connectivity index (χ0n) is 17.5. The van der Waals surface area contributed by atoms with Crippen molar-refractivity contribution in [1.29, 1.82) is 0 Å². The van der Waals surface area contributed by atoms with Gasteiger partial charge in [0, 0.05) is 19.2 Å². The van der Waals surface area contributed by atoms with E-state index in [9.17, 15) is 8.42 Å². The molecule has 4 rings (SSSR count). The predicted octanol–water partition coefficient (Wildman–Crippen LogP) is 3.83. The normalized spacial score (nSPS) is 19.7. The molecule has 8 heteroatoms. The van der Waals surface area contributed by atoms with Gasteiger partial charge in [0.05, 0.1) is 23.7 Å². The van der Waals surface area contributed by atoms with Crippen molar-refractivity contribution in [1.82, 2.24) is 19.6 Å². The van der Waals surface area contributed by atoms with Crippen LogP contribution in [0.2, 0.25) is 0 Å². The van der Waals surface area contributed by atoms with Crippen molar-refractivity contribution in [2.75, 3.05) is 12.8 Å². The molecule has 0 amide bonds. The van der Waals surface area contributed by atoms with Crippen LogP contribution in [-0.2, 0) is 22.9 Å². The Hall–Kier alpha value is -1.67. The monoisotopic (exact) mass is 420 g/mol. The molecule has 2 aliphatic rings. The Balaban J connectivity index is 1.58. The predicted molar refractivity (Wildman–Crippen MR) is 110 cm³/mol. The highest BCUT2D eigenvalue weighted by atomic mass is 32.2. The second-order valence-electron chi connectivity index (χ2n) is 8.89. The minimum Gasteiger partial charge on any atom is -0.364 e. The first-order valence-corrected chi connectivity index (χ1v) is 12.5. The smallest absolute Gasteiger partial charge is 0.227 e. The number of imidazole rings is 1. The van der Waals surface area contributed by atoms with Gasteiger partial charge in [-0.3, -0.25) is 4.90 Å². The number of rotatable bonds is 9. The number of nitrogens with zero attached hydrogens (tertiary/aromatic N) is 4. The van der Waals surface area contributed by atoms with E-state index in [1.165, 1.54) is 32.1 Å². The van der Waals surface area contributed by atoms with Crippen LogP contribution in [-0.4, -0.2) is 40.8 Å². The minimum absolute atomic E-state index is 0.0679. The Labute approximate surface area is 173 Å². The Bertz CT molecular complexity index is 897. The fraction of sp³-hybridized carbons (Fsp3) is 0.714. The molecule has 0 saturated heterocycles. The van der Waals surface area contributed by atoms with Crippen LogP contribution in [0.1, 0.15) is 69.3 Å². The summed E-state index contributed by atoms with van der Waals surface area (Å²) in [5, 5.41) is 4.31. The molecule has 7 nitrogen and oxygen atoms in total. The number of sulfone groups is 1. The lowest BCUT2D eigenvalue weighted by atomic mass is 9.89. The van der Waals surface area contributed by atoms with Gasteiger partial charge in [0.2, 0.25) is 15.0 Å². The topological polar surface area (TPSA) is 81.2 Å². The molecular weight excluding hydrogens is 388 g/mol. The zero-order valence-corrected chi connectivity index (χ0v) is 18.3. The molecule has 1 atom stereocenters. The fourth-order valence-electron chi connectivity index (χ4n) is 4.31. The lowest BCUT2D eigenvalue weighted by molar-refractivity contribution is 0.229. The van der Waals surface area contributed by atoms with E-state index in [1.54, 1.807) is 12.5 Å². The quantitative estimate of drug-likeness (QED) is 0.613. The van der Waals surface area contributed by atoms with Crippen molar-refractivity contribution in [3.63, 3.8) is 0 Å². The fourth-order valence-corrected chi connectivity index (χ4v) is 6.16. The standard InChI is InChI=1S/C21H32N4O3S/c1-16(20-10-11-28-23-20)24(2)14-19-12-22-21(29(26,27)15-18-8-9-18)25(19)13-17-6-4-3-5-7-17/h10-12,16-18H,3-9,13-15H2,1-2H3/t16-/m1/s1. The summed E-state index contributed by atoms with van der Waals surface area (Å²) < 4.78 is 33.1. The lowest BCUT2D eigenvalue weighted by Gasteiger charge is -2.26. The van der Waals surface area contributed by atoms with Crippen molar-refractivity contribution in [2.45, 2.75) is 76.2 Å². The molecule has 2 saturated carbocycles. The van der Waals surface area contributed by atoms with Gasteiger partial charge in [0.1, 0.15) is 12.0 Å². The molecule has 2 heterocycles. The third kappa shape index (κ3) is 4.91. The van der Waals surface area contributed by atoms with E-state index in [0.717, 1.165) is 30.8 Å². The molecule has 0 unspecified atom stereocenters. The maximum Gasteiger partial charge on any atom is 0.227 e. The molecule has 0 N–H and O–H groups in total. The van der Waals surface area contributed by atoms with Crippen molar-refractivity contribution in [3.8, 4) is 0 Å². The summed E-state index contributed by atoms with van der Waals surface area (Å²) in [4.78, 5) is 6.58. The van der Waals surface area contributed by atoms with Crippen LogP contribution in [0.25, 0.3) is 0 Å². The van der Waals surface area contributed by atoms with Gasteiger partial charge in [-0.2, -0.15) is 0 Å². The van der Waals surface area contributed by atoms with Gasteiger partial charge in [0.25, 0.3) is 0 Å². The highest BCUT2D eigenvalue weighted by Gasteiger charge is 2.33. The first kappa shape index (κ1) is 20.6. The van der Waals surface area contributed by atoms with Crippen molar-refractivity contribution >= 4 is 9.84 Å². The molecule has 0 aliphatic heterocycles. The SMILES string of the molecule is C[C@H](c1ccon1)N(C)Cc1cnc(S(=O)(=O)CC2CC2)n1CC1CCCCC1. The van der Waals surface area contributed by atoms with Gasteiger partial charge in [-0.15, -0.1) is 0 Å². The average Bonchev–Trinajstić information content (AvgIpc) is 3.18. The summed E-state index contributed by atoms with van der Waals surface area (Å²) in [7, 11) is -1.33. The van der Waals surface area contributed by atoms with Crippen LogP contribution in [0.5, 0.6) is 0 Å². The van der Waals surface area contributed by atoms with Crippen LogP contribution in [0.4, 0.5) is 0 Å². The molecule has 2 aromatic heterocycles. The highest BCUT2D eigenvalue weighted by Crippen LogP contribution is 2.33. The van der Waals surface area contributed by atoms with Crippen LogP contribution >= 0.6 is 0 Å². The maximum atomic E-state index is 13.0. The molecule has 29 heavy (non-hydrogen) atoms. The van der Waals surface area contributed by atoms with E-state index >= 15 is 0 Å². The third-order valence-electron chi connectivity index (χ3n) is 6.46. The highest BCUT2D eigenvalue weighted by molar-refractivity contribution is 7.91. The van der Waals surface area contributed by atoms with E-state index in [2.05, 4.69) is 22.0 Å². The molecule has 2 aromatic rings. The van der Waals surface area contributed by atoms with E-state index in [4.69, 9.17) is 4.52 Å². The van der Waals surface area contributed by atoms with E-state index in [0.29, 0.717) is 18.4 Å². The van der Waals surface area contributed by atoms with Gasteiger partial charge in [-0.25, -0.2) is 13.4 Å². The lowest BCUT2D eigenvalue weighted by Crippen LogP contribution is -2.26. The van der Waals surface area contributed by atoms with Gasteiger partial charge >= 0.3 is 0 Å². The third-order valence-corrected chi connectivity index (χ3v) is 8.25. The van der Waals surface area contributed by atoms with Crippen molar-refractivity contribution in [3.05, 3.63) is 29.9 Å². The van der Waals surface area contributed by atoms with Crippen LogP contribution in [0, 0.1) is 11.8 Å². The molecule has 0 spiro atoms. The molecule has 2 fully saturated rings. The molecule has 2 aliphatic carbocycles. The minimum atomic E-state index is -3.35. The molecule has 0 aromatic carbocycles. The number of hydrogen-bond donors (Lipinski definition) is 0. The molecule has 0 bridgehead atoms. The van der Waals surface area contributed by atoms with Crippen LogP contribution in [0.3, 0.4) is 0 Å². The summed E-state index contributed by atoms with van der Waals surface area (Å²) in [6, 6.07) is 1.93. The van der Waals surface area contributed by atoms with E-state index in [-0.39, 0.29) is 17.0 Å². The Morgan fingerprint density at radius 2 is 1.97 bits per heavy atom. The number of hydrogen-bond acceptors (Lipinski definition) is 6. The Morgan fingerprint density at radius 3 is 2.62 bits per heavy atom. The first-order chi connectivity index (χ1) is 13.9. The van der Waals surface area contributed by atoms with Gasteiger partial charge in [-0.1, -0.05) is 24.4 Å². The van der Waals surface area contributed by atoms with Gasteiger partial charge in [0.15, 0.2) is 0 Å². The Kier molecular flexibility index (Phi) is 6.11. The summed E-state index contributed by atoms with van der Waals surface area (Å²) in [5.74, 6) is 1.09.